The van der Waals surface area contributed by atoms with E-state index < -0.39 is 10.8 Å². The highest BCUT2D eigenvalue weighted by molar-refractivity contribution is 6.11. The molecule has 1 amide bonds. The van der Waals surface area contributed by atoms with Gasteiger partial charge in [0.1, 0.15) is 11.5 Å². The van der Waals surface area contributed by atoms with Crippen LogP contribution in [0.4, 0.5) is 0 Å². The maximum atomic E-state index is 13.7. The first-order valence-electron chi connectivity index (χ1n) is 9.15. The number of nitriles is 1. The van der Waals surface area contributed by atoms with Crippen LogP contribution in [0.2, 0.25) is 0 Å². The number of nitrogens with zero attached hydrogens (tertiary/aromatic N) is 2. The Morgan fingerprint density at radius 2 is 1.88 bits per heavy atom. The Balaban J connectivity index is 1.97. The molecule has 4 nitrogen and oxygen atoms in total. The summed E-state index contributed by atoms with van der Waals surface area (Å²) in [6.45, 7) is 4.94. The number of allylic oxidation sites excluding steroid dienone is 1. The highest BCUT2D eigenvalue weighted by Gasteiger charge is 2.57. The third-order valence-electron chi connectivity index (χ3n) is 5.94. The Morgan fingerprint density at radius 3 is 2.50 bits per heavy atom. The summed E-state index contributed by atoms with van der Waals surface area (Å²) in [5, 5.41) is 9.57. The number of fused-ring (bicyclic) bond motifs is 1. The summed E-state index contributed by atoms with van der Waals surface area (Å²) in [6.07, 6.45) is 5.99. The number of ketones is 1. The molecule has 4 heteroatoms. The predicted molar refractivity (Wildman–Crippen MR) is 98.0 cm³/mol. The van der Waals surface area contributed by atoms with Crippen molar-refractivity contribution in [1.82, 2.24) is 4.90 Å². The van der Waals surface area contributed by atoms with E-state index in [0.29, 0.717) is 12.5 Å². The second-order valence-electron chi connectivity index (χ2n) is 8.07. The van der Waals surface area contributed by atoms with Crippen molar-refractivity contribution in [2.24, 2.45) is 11.3 Å². The molecule has 1 fully saturated rings. The van der Waals surface area contributed by atoms with E-state index in [0.717, 1.165) is 17.7 Å². The first-order valence-corrected chi connectivity index (χ1v) is 9.15. The number of carbonyl (C=O) groups is 2. The van der Waals surface area contributed by atoms with E-state index in [-0.39, 0.29) is 17.3 Å². The molecule has 0 radical (unpaired) electrons. The van der Waals surface area contributed by atoms with Gasteiger partial charge in [-0.1, -0.05) is 36.4 Å². The smallest absolute Gasteiger partial charge is 0.241 e. The molecular weight excluding hydrogens is 324 g/mol. The summed E-state index contributed by atoms with van der Waals surface area (Å²) in [5.74, 6) is 0.363. The maximum absolute atomic E-state index is 13.7. The van der Waals surface area contributed by atoms with Crippen molar-refractivity contribution in [2.45, 2.75) is 32.1 Å². The molecule has 1 heterocycles. The van der Waals surface area contributed by atoms with E-state index in [1.807, 2.05) is 61.2 Å². The number of carbonyl (C=O) groups excluding carboxylic acids is 2. The van der Waals surface area contributed by atoms with Gasteiger partial charge in [-0.2, -0.15) is 5.26 Å². The number of hydrogen-bond donors (Lipinski definition) is 0. The summed E-state index contributed by atoms with van der Waals surface area (Å²) < 4.78 is 0. The Morgan fingerprint density at radius 1 is 1.19 bits per heavy atom. The van der Waals surface area contributed by atoms with Gasteiger partial charge >= 0.3 is 0 Å². The number of Topliss-reactive ketones (excluding diaryl/α,β-unsaturated/α-hetero) is 1. The average molecular weight is 346 g/mol. The first-order chi connectivity index (χ1) is 12.4. The summed E-state index contributed by atoms with van der Waals surface area (Å²) in [4.78, 5) is 28.4. The third kappa shape index (κ3) is 2.27. The fourth-order valence-corrected chi connectivity index (χ4v) is 4.35. The molecule has 0 bridgehead atoms. The number of hydrogen-bond acceptors (Lipinski definition) is 3. The fraction of sp³-hybridized carbons (Fsp3) is 0.409. The van der Waals surface area contributed by atoms with Crippen molar-refractivity contribution in [3.8, 4) is 6.07 Å². The van der Waals surface area contributed by atoms with Gasteiger partial charge in [0, 0.05) is 13.1 Å². The van der Waals surface area contributed by atoms with Gasteiger partial charge in [-0.15, -0.1) is 0 Å². The Bertz CT molecular complexity index is 884. The summed E-state index contributed by atoms with van der Waals surface area (Å²) in [5.41, 5.74) is -0.228. The topological polar surface area (TPSA) is 61.2 Å². The second-order valence-corrected chi connectivity index (χ2v) is 8.07. The Kier molecular flexibility index (Phi) is 3.66. The van der Waals surface area contributed by atoms with Crippen molar-refractivity contribution >= 4 is 11.7 Å². The minimum atomic E-state index is -1.06. The van der Waals surface area contributed by atoms with Crippen molar-refractivity contribution in [1.29, 1.82) is 5.26 Å². The van der Waals surface area contributed by atoms with E-state index in [2.05, 4.69) is 0 Å². The Labute approximate surface area is 153 Å². The van der Waals surface area contributed by atoms with Crippen molar-refractivity contribution in [2.75, 3.05) is 13.1 Å². The Hall–Kier alpha value is -2.67. The quantitative estimate of drug-likeness (QED) is 0.790. The van der Waals surface area contributed by atoms with Gasteiger partial charge in [0.25, 0.3) is 0 Å². The molecule has 1 aromatic rings. The highest BCUT2D eigenvalue weighted by Crippen LogP contribution is 2.52. The van der Waals surface area contributed by atoms with Crippen LogP contribution < -0.4 is 0 Å². The van der Waals surface area contributed by atoms with Crippen LogP contribution in [0, 0.1) is 22.7 Å². The van der Waals surface area contributed by atoms with Gasteiger partial charge in [0.15, 0.2) is 5.78 Å². The molecule has 132 valence electrons. The number of benzene rings is 1. The molecule has 0 aromatic heterocycles. The van der Waals surface area contributed by atoms with Crippen LogP contribution >= 0.6 is 0 Å². The standard InChI is InChI=1S/C22H22N2O2/c1-21(2)18-10-11-24(14-15-8-9-15)20(26)22(18,12-16(13-23)19(21)25)17-6-4-3-5-7-17/h3-7,10,12,15H,8-9,11,14H2,1-2H3/t22-/m1/s1. The van der Waals surface area contributed by atoms with Gasteiger partial charge in [0.2, 0.25) is 5.91 Å². The van der Waals surface area contributed by atoms with Crippen LogP contribution in [0.1, 0.15) is 32.3 Å². The largest absolute Gasteiger partial charge is 0.337 e. The molecule has 1 saturated carbocycles. The average Bonchev–Trinajstić information content (AvgIpc) is 3.46. The van der Waals surface area contributed by atoms with Crippen LogP contribution in [0.5, 0.6) is 0 Å². The van der Waals surface area contributed by atoms with Crippen molar-refractivity contribution in [3.05, 3.63) is 59.2 Å². The van der Waals surface area contributed by atoms with E-state index in [4.69, 9.17) is 0 Å². The third-order valence-corrected chi connectivity index (χ3v) is 5.94. The van der Waals surface area contributed by atoms with Crippen LogP contribution in [0.25, 0.3) is 0 Å². The van der Waals surface area contributed by atoms with Gasteiger partial charge in [-0.3, -0.25) is 9.59 Å². The molecule has 1 aromatic carbocycles. The van der Waals surface area contributed by atoms with E-state index >= 15 is 0 Å². The van der Waals surface area contributed by atoms with E-state index in [9.17, 15) is 14.9 Å². The lowest BCUT2D eigenvalue weighted by atomic mass is 9.56. The van der Waals surface area contributed by atoms with Gasteiger partial charge < -0.3 is 4.90 Å². The lowest BCUT2D eigenvalue weighted by Gasteiger charge is -2.48. The lowest BCUT2D eigenvalue weighted by molar-refractivity contribution is -0.136. The molecule has 3 aliphatic rings. The number of amides is 1. The molecule has 2 aliphatic carbocycles. The minimum absolute atomic E-state index is 0.0126. The molecular formula is C22H22N2O2. The van der Waals surface area contributed by atoms with E-state index in [1.54, 1.807) is 6.08 Å². The molecule has 0 saturated heterocycles. The molecule has 1 atom stereocenters. The normalized spacial score (nSPS) is 27.3. The monoisotopic (exact) mass is 346 g/mol. The van der Waals surface area contributed by atoms with Crippen LogP contribution in [0.15, 0.2) is 53.6 Å². The molecule has 4 rings (SSSR count). The van der Waals surface area contributed by atoms with Crippen LogP contribution in [-0.4, -0.2) is 29.7 Å². The van der Waals surface area contributed by atoms with Gasteiger partial charge in [-0.05, 0) is 49.8 Å². The van der Waals surface area contributed by atoms with Gasteiger partial charge in [-0.25, -0.2) is 0 Å². The van der Waals surface area contributed by atoms with E-state index in [1.165, 1.54) is 12.8 Å². The lowest BCUT2D eigenvalue weighted by Crippen LogP contribution is -2.57. The highest BCUT2D eigenvalue weighted by atomic mass is 16.2. The predicted octanol–water partition coefficient (Wildman–Crippen LogP) is 3.16. The molecule has 0 N–H and O–H groups in total. The fourth-order valence-electron chi connectivity index (χ4n) is 4.35. The molecule has 0 spiro atoms. The first kappa shape index (κ1) is 16.8. The van der Waals surface area contributed by atoms with Gasteiger partial charge in [0.05, 0.1) is 11.0 Å². The van der Waals surface area contributed by atoms with Crippen LogP contribution in [0.3, 0.4) is 0 Å². The van der Waals surface area contributed by atoms with Crippen molar-refractivity contribution < 1.29 is 9.59 Å². The SMILES string of the molecule is CC1(C)C(=O)C(C#N)=C[C@]2(c3ccccc3)C(=O)N(CC3CC3)CC=C12. The second kappa shape index (κ2) is 5.67. The maximum Gasteiger partial charge on any atom is 0.241 e. The summed E-state index contributed by atoms with van der Waals surface area (Å²) >= 11 is 0. The summed E-state index contributed by atoms with van der Waals surface area (Å²) in [7, 11) is 0. The molecule has 26 heavy (non-hydrogen) atoms. The summed E-state index contributed by atoms with van der Waals surface area (Å²) in [6, 6.07) is 11.6. The van der Waals surface area contributed by atoms with Crippen molar-refractivity contribution in [3.63, 3.8) is 0 Å². The number of rotatable bonds is 3. The molecule has 1 aliphatic heterocycles. The zero-order chi connectivity index (χ0) is 18.5. The minimum Gasteiger partial charge on any atom is -0.337 e. The zero-order valence-corrected chi connectivity index (χ0v) is 15.2. The zero-order valence-electron chi connectivity index (χ0n) is 15.2. The molecule has 0 unspecified atom stereocenters. The van der Waals surface area contributed by atoms with Crippen LogP contribution in [-0.2, 0) is 15.0 Å².